The first-order valence-electron chi connectivity index (χ1n) is 6.24. The number of aliphatic hydroxyl groups is 1. The van der Waals surface area contributed by atoms with Crippen LogP contribution in [0.4, 0.5) is 16.2 Å². The van der Waals surface area contributed by atoms with Crippen LogP contribution in [0.5, 0.6) is 0 Å². The van der Waals surface area contributed by atoms with Gasteiger partial charge in [0.15, 0.2) is 0 Å². The molecule has 0 unspecified atom stereocenters. The number of hydrogen-bond donors (Lipinski definition) is 3. The number of carbonyl (C=O) groups excluding carboxylic acids is 1. The van der Waals surface area contributed by atoms with Gasteiger partial charge in [0, 0.05) is 24.0 Å². The largest absolute Gasteiger partial charge is 0.399 e. The number of nitrogens with zero attached hydrogens (tertiary/aromatic N) is 1. The number of hydrogen-bond acceptors (Lipinski definition) is 3. The lowest BCUT2D eigenvalue weighted by Gasteiger charge is -2.37. The minimum atomic E-state index is -0.154. The van der Waals surface area contributed by atoms with Crippen LogP contribution in [0.1, 0.15) is 19.3 Å². The van der Waals surface area contributed by atoms with E-state index < -0.39 is 0 Å². The zero-order valence-corrected chi connectivity index (χ0v) is 10.3. The summed E-state index contributed by atoms with van der Waals surface area (Å²) in [6.45, 7) is 0.372. The van der Waals surface area contributed by atoms with Gasteiger partial charge in [-0.3, -0.25) is 0 Å². The standard InChI is InChI=1S/C13H19N3O2/c14-10-4-6-11(7-5-10)15-13(18)16(8-9-17)12-2-1-3-12/h4-7,12,17H,1-3,8-9,14H2,(H,15,18). The minimum Gasteiger partial charge on any atom is -0.399 e. The minimum absolute atomic E-state index is 0.00828. The topological polar surface area (TPSA) is 78.6 Å². The zero-order chi connectivity index (χ0) is 13.0. The lowest BCUT2D eigenvalue weighted by molar-refractivity contribution is 0.127. The van der Waals surface area contributed by atoms with Crippen LogP contribution >= 0.6 is 0 Å². The van der Waals surface area contributed by atoms with E-state index in [1.165, 1.54) is 0 Å². The second-order valence-electron chi connectivity index (χ2n) is 4.55. The molecule has 2 rings (SSSR count). The fraction of sp³-hybridized carbons (Fsp3) is 0.462. The van der Waals surface area contributed by atoms with Gasteiger partial charge in [0.2, 0.25) is 0 Å². The Hall–Kier alpha value is -1.75. The molecule has 5 nitrogen and oxygen atoms in total. The smallest absolute Gasteiger partial charge is 0.322 e. The van der Waals surface area contributed by atoms with Crippen LogP contribution < -0.4 is 11.1 Å². The van der Waals surface area contributed by atoms with Crippen molar-refractivity contribution in [3.63, 3.8) is 0 Å². The van der Waals surface area contributed by atoms with E-state index in [0.717, 1.165) is 24.9 Å². The summed E-state index contributed by atoms with van der Waals surface area (Å²) >= 11 is 0. The average molecular weight is 249 g/mol. The van der Waals surface area contributed by atoms with Crippen molar-refractivity contribution in [3.05, 3.63) is 24.3 Å². The second kappa shape index (κ2) is 5.73. The van der Waals surface area contributed by atoms with Gasteiger partial charge in [-0.05, 0) is 43.5 Å². The first kappa shape index (κ1) is 12.7. The highest BCUT2D eigenvalue weighted by Gasteiger charge is 2.28. The summed E-state index contributed by atoms with van der Waals surface area (Å²) in [4.78, 5) is 13.8. The van der Waals surface area contributed by atoms with Crippen molar-refractivity contribution < 1.29 is 9.90 Å². The van der Waals surface area contributed by atoms with Gasteiger partial charge < -0.3 is 21.1 Å². The van der Waals surface area contributed by atoms with E-state index in [2.05, 4.69) is 5.32 Å². The maximum atomic E-state index is 12.1. The molecule has 1 aromatic rings. The van der Waals surface area contributed by atoms with E-state index in [0.29, 0.717) is 12.2 Å². The Labute approximate surface area is 107 Å². The van der Waals surface area contributed by atoms with Crippen molar-refractivity contribution in [1.82, 2.24) is 4.90 Å². The summed E-state index contributed by atoms with van der Waals surface area (Å²) < 4.78 is 0. The van der Waals surface area contributed by atoms with E-state index in [-0.39, 0.29) is 18.7 Å². The second-order valence-corrected chi connectivity index (χ2v) is 4.55. The van der Waals surface area contributed by atoms with E-state index in [1.54, 1.807) is 29.2 Å². The SMILES string of the molecule is Nc1ccc(NC(=O)N(CCO)C2CCC2)cc1. The van der Waals surface area contributed by atoms with Crippen LogP contribution in [-0.4, -0.2) is 35.2 Å². The van der Waals surface area contributed by atoms with Crippen molar-refractivity contribution in [1.29, 1.82) is 0 Å². The fourth-order valence-electron chi connectivity index (χ4n) is 2.02. The van der Waals surface area contributed by atoms with Crippen molar-refractivity contribution >= 4 is 17.4 Å². The van der Waals surface area contributed by atoms with Gasteiger partial charge in [-0.25, -0.2) is 4.79 Å². The van der Waals surface area contributed by atoms with Crippen LogP contribution in [0.15, 0.2) is 24.3 Å². The van der Waals surface area contributed by atoms with Crippen molar-refractivity contribution in [2.45, 2.75) is 25.3 Å². The fourth-order valence-corrected chi connectivity index (χ4v) is 2.02. The molecule has 0 spiro atoms. The van der Waals surface area contributed by atoms with Gasteiger partial charge in [-0.1, -0.05) is 0 Å². The number of nitrogens with two attached hydrogens (primary N) is 1. The number of benzene rings is 1. The van der Waals surface area contributed by atoms with Crippen LogP contribution in [0.3, 0.4) is 0 Å². The lowest BCUT2D eigenvalue weighted by atomic mass is 9.92. The number of rotatable bonds is 4. The summed E-state index contributed by atoms with van der Waals surface area (Å²) in [6, 6.07) is 7.14. The number of carbonyl (C=O) groups is 1. The van der Waals surface area contributed by atoms with Crippen LogP contribution in [0, 0.1) is 0 Å². The summed E-state index contributed by atoms with van der Waals surface area (Å²) in [7, 11) is 0. The molecule has 0 bridgehead atoms. The Morgan fingerprint density at radius 2 is 2.06 bits per heavy atom. The number of anilines is 2. The van der Waals surface area contributed by atoms with E-state index in [9.17, 15) is 4.79 Å². The summed E-state index contributed by atoms with van der Waals surface area (Å²) in [6.07, 6.45) is 3.20. The molecular weight excluding hydrogens is 230 g/mol. The number of nitrogen functional groups attached to an aromatic ring is 1. The third-order valence-corrected chi connectivity index (χ3v) is 3.28. The summed E-state index contributed by atoms with van der Waals surface area (Å²) in [5.41, 5.74) is 6.97. The summed E-state index contributed by atoms with van der Waals surface area (Å²) in [5.74, 6) is 0. The highest BCUT2D eigenvalue weighted by molar-refractivity contribution is 5.89. The normalized spacial score (nSPS) is 14.9. The molecule has 0 saturated heterocycles. The Balaban J connectivity index is 1.97. The molecule has 0 atom stereocenters. The third-order valence-electron chi connectivity index (χ3n) is 3.28. The molecular formula is C13H19N3O2. The Morgan fingerprint density at radius 1 is 1.39 bits per heavy atom. The van der Waals surface area contributed by atoms with Crippen molar-refractivity contribution in [3.8, 4) is 0 Å². The average Bonchev–Trinajstić information content (AvgIpc) is 2.29. The number of nitrogens with one attached hydrogen (secondary N) is 1. The molecule has 98 valence electrons. The molecule has 0 aliphatic heterocycles. The van der Waals surface area contributed by atoms with Gasteiger partial charge in [0.05, 0.1) is 6.61 Å². The Kier molecular flexibility index (Phi) is 4.04. The number of aliphatic hydroxyl groups excluding tert-OH is 1. The molecule has 1 fully saturated rings. The van der Waals surface area contributed by atoms with Crippen LogP contribution in [0.25, 0.3) is 0 Å². The molecule has 2 amide bonds. The molecule has 4 N–H and O–H groups in total. The quantitative estimate of drug-likeness (QED) is 0.710. The highest BCUT2D eigenvalue weighted by atomic mass is 16.3. The molecule has 1 aliphatic rings. The lowest BCUT2D eigenvalue weighted by Crippen LogP contribution is -2.47. The van der Waals surface area contributed by atoms with Gasteiger partial charge in [0.25, 0.3) is 0 Å². The predicted octanol–water partition coefficient (Wildman–Crippen LogP) is 1.65. The van der Waals surface area contributed by atoms with Crippen molar-refractivity contribution in [2.24, 2.45) is 0 Å². The zero-order valence-electron chi connectivity index (χ0n) is 10.3. The first-order valence-corrected chi connectivity index (χ1v) is 6.24. The maximum Gasteiger partial charge on any atom is 0.322 e. The predicted molar refractivity (Wildman–Crippen MR) is 71.3 cm³/mol. The molecule has 1 aliphatic carbocycles. The molecule has 1 saturated carbocycles. The summed E-state index contributed by atoms with van der Waals surface area (Å²) in [5, 5.41) is 11.8. The molecule has 0 aromatic heterocycles. The van der Waals surface area contributed by atoms with E-state index >= 15 is 0 Å². The molecule has 1 aromatic carbocycles. The molecule has 0 heterocycles. The van der Waals surface area contributed by atoms with Crippen LogP contribution in [-0.2, 0) is 0 Å². The van der Waals surface area contributed by atoms with E-state index in [1.807, 2.05) is 0 Å². The third kappa shape index (κ3) is 2.92. The van der Waals surface area contributed by atoms with Gasteiger partial charge >= 0.3 is 6.03 Å². The number of amides is 2. The first-order chi connectivity index (χ1) is 8.70. The van der Waals surface area contributed by atoms with Gasteiger partial charge in [-0.15, -0.1) is 0 Å². The van der Waals surface area contributed by atoms with Crippen LogP contribution in [0.2, 0.25) is 0 Å². The van der Waals surface area contributed by atoms with Crippen molar-refractivity contribution in [2.75, 3.05) is 24.2 Å². The Bertz CT molecular complexity index is 401. The van der Waals surface area contributed by atoms with Gasteiger partial charge in [0.1, 0.15) is 0 Å². The molecule has 18 heavy (non-hydrogen) atoms. The van der Waals surface area contributed by atoms with E-state index in [4.69, 9.17) is 10.8 Å². The number of urea groups is 1. The maximum absolute atomic E-state index is 12.1. The molecule has 0 radical (unpaired) electrons. The Morgan fingerprint density at radius 3 is 2.56 bits per heavy atom. The highest BCUT2D eigenvalue weighted by Crippen LogP contribution is 2.25. The molecule has 5 heteroatoms. The van der Waals surface area contributed by atoms with Gasteiger partial charge in [-0.2, -0.15) is 0 Å². The monoisotopic (exact) mass is 249 g/mol.